The van der Waals surface area contributed by atoms with Crippen molar-refractivity contribution in [1.29, 1.82) is 0 Å². The molecule has 0 radical (unpaired) electrons. The van der Waals surface area contributed by atoms with Gasteiger partial charge in [0, 0.05) is 18.5 Å². The highest BCUT2D eigenvalue weighted by Crippen LogP contribution is 2.41. The summed E-state index contributed by atoms with van der Waals surface area (Å²) in [4.78, 5) is 29.9. The summed E-state index contributed by atoms with van der Waals surface area (Å²) in [6, 6.07) is 21.3. The molecular weight excluding hydrogens is 512 g/mol. The summed E-state index contributed by atoms with van der Waals surface area (Å²) >= 11 is 1.28. The summed E-state index contributed by atoms with van der Waals surface area (Å²) < 4.78 is 11.0. The molecule has 1 N–H and O–H groups in total. The van der Waals surface area contributed by atoms with Gasteiger partial charge in [0.25, 0.3) is 5.91 Å². The highest BCUT2D eigenvalue weighted by Gasteiger charge is 2.39. The minimum absolute atomic E-state index is 0.0216. The summed E-state index contributed by atoms with van der Waals surface area (Å²) in [5.74, 6) is 0.677. The number of amidine groups is 1. The predicted octanol–water partition coefficient (Wildman–Crippen LogP) is 5.50. The van der Waals surface area contributed by atoms with Gasteiger partial charge < -0.3 is 14.8 Å². The molecule has 200 valence electrons. The SMILES string of the molecule is COc1ccc([C@H]2CC(c3ccc(C)cc3)=NN2C2=NC(=O)[C@H](CC(=O)Nc3ccc(C)cc3)S2)cc1OC. The number of aryl methyl sites for hydroxylation is 2. The summed E-state index contributed by atoms with van der Waals surface area (Å²) in [5.41, 5.74) is 5.83. The normalized spacial score (nSPS) is 18.6. The molecule has 0 aliphatic carbocycles. The number of nitrogens with zero attached hydrogens (tertiary/aromatic N) is 3. The highest BCUT2D eigenvalue weighted by molar-refractivity contribution is 8.15. The van der Waals surface area contributed by atoms with Gasteiger partial charge in [-0.15, -0.1) is 0 Å². The molecule has 39 heavy (non-hydrogen) atoms. The Labute approximate surface area is 232 Å². The van der Waals surface area contributed by atoms with Crippen LogP contribution in [0.4, 0.5) is 5.69 Å². The van der Waals surface area contributed by atoms with Crippen LogP contribution >= 0.6 is 11.8 Å². The van der Waals surface area contributed by atoms with Gasteiger partial charge in [-0.1, -0.05) is 65.4 Å². The van der Waals surface area contributed by atoms with E-state index in [2.05, 4.69) is 34.6 Å². The molecule has 2 amide bonds. The molecule has 0 fully saturated rings. The van der Waals surface area contributed by atoms with Gasteiger partial charge in [-0.05, 0) is 49.2 Å². The summed E-state index contributed by atoms with van der Waals surface area (Å²) in [7, 11) is 3.20. The fraction of sp³-hybridized carbons (Fsp3) is 0.267. The zero-order chi connectivity index (χ0) is 27.5. The molecule has 0 unspecified atom stereocenters. The molecule has 2 aliphatic heterocycles. The van der Waals surface area contributed by atoms with Gasteiger partial charge in [-0.3, -0.25) is 9.59 Å². The van der Waals surface area contributed by atoms with Crippen molar-refractivity contribution in [3.05, 3.63) is 89.0 Å². The maximum Gasteiger partial charge on any atom is 0.262 e. The number of carbonyl (C=O) groups is 2. The number of hydrogen-bond donors (Lipinski definition) is 1. The molecule has 2 atom stereocenters. The van der Waals surface area contributed by atoms with Crippen molar-refractivity contribution < 1.29 is 19.1 Å². The molecular formula is C30H30N4O4S. The van der Waals surface area contributed by atoms with E-state index in [1.807, 2.05) is 56.3 Å². The second-order valence-corrected chi connectivity index (χ2v) is 10.7. The zero-order valence-corrected chi connectivity index (χ0v) is 23.1. The zero-order valence-electron chi connectivity index (χ0n) is 22.3. The first-order valence-electron chi connectivity index (χ1n) is 12.7. The first kappa shape index (κ1) is 26.5. The van der Waals surface area contributed by atoms with E-state index in [0.717, 1.165) is 22.4 Å². The maximum absolute atomic E-state index is 12.9. The van der Waals surface area contributed by atoms with Gasteiger partial charge in [0.15, 0.2) is 16.7 Å². The Bertz CT molecular complexity index is 1450. The molecule has 2 aliphatic rings. The van der Waals surface area contributed by atoms with E-state index in [-0.39, 0.29) is 24.3 Å². The number of aliphatic imine (C=N–C) groups is 1. The minimum atomic E-state index is -0.616. The van der Waals surface area contributed by atoms with Gasteiger partial charge in [0.2, 0.25) is 5.91 Å². The molecule has 9 heteroatoms. The van der Waals surface area contributed by atoms with E-state index in [9.17, 15) is 9.59 Å². The van der Waals surface area contributed by atoms with Crippen molar-refractivity contribution in [2.75, 3.05) is 19.5 Å². The number of thioether (sulfide) groups is 1. The van der Waals surface area contributed by atoms with Crippen molar-refractivity contribution in [2.24, 2.45) is 10.1 Å². The number of carbonyl (C=O) groups excluding carboxylic acids is 2. The van der Waals surface area contributed by atoms with E-state index in [1.54, 1.807) is 19.2 Å². The lowest BCUT2D eigenvalue weighted by Gasteiger charge is -2.24. The smallest absolute Gasteiger partial charge is 0.262 e. The van der Waals surface area contributed by atoms with Gasteiger partial charge in [0.1, 0.15) is 5.25 Å². The average Bonchev–Trinajstić information content (AvgIpc) is 3.54. The number of ether oxygens (including phenoxy) is 2. The van der Waals surface area contributed by atoms with Crippen LogP contribution in [0.1, 0.15) is 41.1 Å². The largest absolute Gasteiger partial charge is 0.493 e. The number of nitrogens with one attached hydrogen (secondary N) is 1. The first-order valence-corrected chi connectivity index (χ1v) is 13.5. The van der Waals surface area contributed by atoms with E-state index in [4.69, 9.17) is 14.6 Å². The summed E-state index contributed by atoms with van der Waals surface area (Å²) in [5, 5.41) is 9.46. The Kier molecular flexibility index (Phi) is 7.70. The third-order valence-electron chi connectivity index (χ3n) is 6.72. The van der Waals surface area contributed by atoms with E-state index in [0.29, 0.717) is 28.8 Å². The monoisotopic (exact) mass is 542 g/mol. The number of amides is 2. The predicted molar refractivity (Wildman–Crippen MR) is 155 cm³/mol. The second-order valence-electron chi connectivity index (χ2n) is 9.55. The van der Waals surface area contributed by atoms with Crippen LogP contribution in [0.2, 0.25) is 0 Å². The topological polar surface area (TPSA) is 92.6 Å². The first-order chi connectivity index (χ1) is 18.8. The van der Waals surface area contributed by atoms with Gasteiger partial charge in [-0.2, -0.15) is 10.1 Å². The third-order valence-corrected chi connectivity index (χ3v) is 7.86. The van der Waals surface area contributed by atoms with Gasteiger partial charge >= 0.3 is 0 Å². The average molecular weight is 543 g/mol. The maximum atomic E-state index is 12.9. The number of methoxy groups -OCH3 is 2. The fourth-order valence-corrected chi connectivity index (χ4v) is 5.61. The van der Waals surface area contributed by atoms with Crippen LogP contribution in [0, 0.1) is 13.8 Å². The Morgan fingerprint density at radius 1 is 0.974 bits per heavy atom. The van der Waals surface area contributed by atoms with Gasteiger partial charge in [0.05, 0.1) is 26.0 Å². The number of benzene rings is 3. The molecule has 0 aromatic heterocycles. The van der Waals surface area contributed by atoms with Crippen molar-refractivity contribution in [3.8, 4) is 11.5 Å². The van der Waals surface area contributed by atoms with Crippen LogP contribution in [0.25, 0.3) is 0 Å². The molecule has 8 nitrogen and oxygen atoms in total. The standard InChI is InChI=1S/C30H30N4O4S/c1-18-5-9-20(10-6-18)23-16-24(21-11-14-25(37-3)26(15-21)38-4)34(33-23)30-32-29(36)27(39-30)17-28(35)31-22-12-7-19(2)8-13-22/h5-15,24,27H,16-17H2,1-4H3,(H,31,35)/t24-,27+/m1/s1. The van der Waals surface area contributed by atoms with E-state index < -0.39 is 5.25 Å². The molecule has 0 bridgehead atoms. The number of rotatable bonds is 7. The van der Waals surface area contributed by atoms with Crippen LogP contribution in [0.5, 0.6) is 11.5 Å². The molecule has 5 rings (SSSR count). The summed E-state index contributed by atoms with van der Waals surface area (Å²) in [6.45, 7) is 4.03. The third kappa shape index (κ3) is 5.83. The summed E-state index contributed by atoms with van der Waals surface area (Å²) in [6.07, 6.45) is 0.638. The van der Waals surface area contributed by atoms with Crippen LogP contribution in [0.3, 0.4) is 0 Å². The fourth-order valence-electron chi connectivity index (χ4n) is 4.55. The molecule has 3 aromatic rings. The Morgan fingerprint density at radius 3 is 2.31 bits per heavy atom. The Balaban J connectivity index is 1.38. The lowest BCUT2D eigenvalue weighted by Crippen LogP contribution is -2.25. The number of hydrazone groups is 1. The molecule has 0 spiro atoms. The van der Waals surface area contributed by atoms with Gasteiger partial charge in [-0.25, -0.2) is 5.01 Å². The van der Waals surface area contributed by atoms with Crippen molar-refractivity contribution in [3.63, 3.8) is 0 Å². The Hall–Kier alpha value is -4.11. The lowest BCUT2D eigenvalue weighted by molar-refractivity contribution is -0.121. The number of hydrogen-bond acceptors (Lipinski definition) is 7. The van der Waals surface area contributed by atoms with Crippen molar-refractivity contribution in [2.45, 2.75) is 38.0 Å². The second kappa shape index (κ2) is 11.3. The van der Waals surface area contributed by atoms with E-state index in [1.165, 1.54) is 17.3 Å². The van der Waals surface area contributed by atoms with Crippen LogP contribution in [-0.2, 0) is 9.59 Å². The lowest BCUT2D eigenvalue weighted by atomic mass is 9.98. The van der Waals surface area contributed by atoms with Crippen LogP contribution in [0.15, 0.2) is 76.8 Å². The van der Waals surface area contributed by atoms with Crippen LogP contribution in [-0.4, -0.2) is 47.2 Å². The molecule has 2 heterocycles. The Morgan fingerprint density at radius 2 is 1.64 bits per heavy atom. The molecule has 3 aromatic carbocycles. The number of anilines is 1. The highest BCUT2D eigenvalue weighted by atomic mass is 32.2. The quantitative estimate of drug-likeness (QED) is 0.424. The van der Waals surface area contributed by atoms with E-state index >= 15 is 0 Å². The minimum Gasteiger partial charge on any atom is -0.493 e. The van der Waals surface area contributed by atoms with Crippen LogP contribution < -0.4 is 14.8 Å². The van der Waals surface area contributed by atoms with Crippen molar-refractivity contribution in [1.82, 2.24) is 5.01 Å². The molecule has 0 saturated carbocycles. The van der Waals surface area contributed by atoms with Crippen molar-refractivity contribution >= 4 is 40.1 Å². The molecule has 0 saturated heterocycles.